The van der Waals surface area contributed by atoms with Gasteiger partial charge in [0.1, 0.15) is 12.4 Å². The van der Waals surface area contributed by atoms with Crippen molar-refractivity contribution in [2.24, 2.45) is 0 Å². The van der Waals surface area contributed by atoms with E-state index in [1.54, 1.807) is 0 Å². The van der Waals surface area contributed by atoms with Crippen LogP contribution in [0.3, 0.4) is 0 Å². The molecule has 0 radical (unpaired) electrons. The number of ketones is 1. The molecule has 1 aromatic heterocycles. The van der Waals surface area contributed by atoms with Gasteiger partial charge in [-0.1, -0.05) is 18.2 Å². The first kappa shape index (κ1) is 12.0. The zero-order valence-corrected chi connectivity index (χ0v) is 10.8. The number of carbonyl (C=O) groups is 1. The minimum absolute atomic E-state index is 0.281. The van der Waals surface area contributed by atoms with Gasteiger partial charge in [0.05, 0.1) is 6.54 Å². The summed E-state index contributed by atoms with van der Waals surface area (Å²) in [6.07, 6.45) is 6.74. The average Bonchev–Trinajstić information content (AvgIpc) is 2.84. The van der Waals surface area contributed by atoms with E-state index in [2.05, 4.69) is 10.8 Å². The summed E-state index contributed by atoms with van der Waals surface area (Å²) in [5.74, 6) is 1.17. The molecule has 3 rings (SSSR count). The predicted octanol–water partition coefficient (Wildman–Crippen LogP) is 3.09. The highest BCUT2D eigenvalue weighted by molar-refractivity contribution is 5.98. The molecule has 1 aromatic carbocycles. The van der Waals surface area contributed by atoms with E-state index in [-0.39, 0.29) is 5.78 Å². The number of aromatic nitrogens is 1. The fraction of sp³-hybridized carbons (Fsp3) is 0.312. The molecule has 19 heavy (non-hydrogen) atoms. The third-order valence-corrected chi connectivity index (χ3v) is 3.47. The van der Waals surface area contributed by atoms with Gasteiger partial charge in [-0.3, -0.25) is 4.79 Å². The summed E-state index contributed by atoms with van der Waals surface area (Å²) in [7, 11) is 0. The van der Waals surface area contributed by atoms with E-state index >= 15 is 0 Å². The highest BCUT2D eigenvalue weighted by Crippen LogP contribution is 2.22. The number of rotatable bonds is 4. The smallest absolute Gasteiger partial charge is 0.164 e. The van der Waals surface area contributed by atoms with Crippen LogP contribution in [0, 0.1) is 0 Å². The number of para-hydroxylation sites is 1. The van der Waals surface area contributed by atoms with Crippen LogP contribution in [-0.2, 0) is 13.0 Å². The number of Topliss-reactive ketones (excluding diaryl/α,β-unsaturated/α-hetero) is 1. The summed E-state index contributed by atoms with van der Waals surface area (Å²) in [6, 6.07) is 9.79. The minimum Gasteiger partial charge on any atom is -0.492 e. The summed E-state index contributed by atoms with van der Waals surface area (Å²) in [6.45, 7) is 1.39. The van der Waals surface area contributed by atoms with Crippen molar-refractivity contribution in [1.82, 2.24) is 4.57 Å². The van der Waals surface area contributed by atoms with Gasteiger partial charge in [0.15, 0.2) is 5.78 Å². The monoisotopic (exact) mass is 255 g/mol. The topological polar surface area (TPSA) is 31.2 Å². The van der Waals surface area contributed by atoms with Crippen LogP contribution in [0.2, 0.25) is 0 Å². The molecule has 0 amide bonds. The number of hydrogen-bond donors (Lipinski definition) is 0. The van der Waals surface area contributed by atoms with Crippen molar-refractivity contribution in [2.75, 3.05) is 6.61 Å². The Kier molecular flexibility index (Phi) is 3.36. The molecular formula is C16H17NO2. The average molecular weight is 255 g/mol. The Morgan fingerprint density at radius 3 is 2.74 bits per heavy atom. The largest absolute Gasteiger partial charge is 0.492 e. The zero-order chi connectivity index (χ0) is 13.1. The van der Waals surface area contributed by atoms with Gasteiger partial charge < -0.3 is 9.30 Å². The van der Waals surface area contributed by atoms with Gasteiger partial charge in [0.25, 0.3) is 0 Å². The van der Waals surface area contributed by atoms with E-state index in [0.717, 1.165) is 30.7 Å². The van der Waals surface area contributed by atoms with Crippen molar-refractivity contribution in [3.63, 3.8) is 0 Å². The molecule has 1 heterocycles. The fourth-order valence-corrected chi connectivity index (χ4v) is 2.49. The number of nitrogens with zero attached hydrogens (tertiary/aromatic N) is 1. The molecule has 0 N–H and O–H groups in total. The first-order valence-corrected chi connectivity index (χ1v) is 6.72. The van der Waals surface area contributed by atoms with Gasteiger partial charge in [-0.05, 0) is 30.5 Å². The second-order valence-electron chi connectivity index (χ2n) is 4.87. The number of carbonyl (C=O) groups excluding carboxylic acids is 1. The third kappa shape index (κ3) is 2.70. The van der Waals surface area contributed by atoms with E-state index < -0.39 is 0 Å². The van der Waals surface area contributed by atoms with Crippen molar-refractivity contribution in [3.8, 4) is 5.75 Å². The van der Waals surface area contributed by atoms with E-state index in [4.69, 9.17) is 4.74 Å². The third-order valence-electron chi connectivity index (χ3n) is 3.47. The quantitative estimate of drug-likeness (QED) is 0.840. The molecular weight excluding hydrogens is 238 g/mol. The molecule has 3 nitrogen and oxygen atoms in total. The Hall–Kier alpha value is -2.03. The van der Waals surface area contributed by atoms with Crippen molar-refractivity contribution < 1.29 is 9.53 Å². The van der Waals surface area contributed by atoms with E-state index in [9.17, 15) is 4.79 Å². The standard InChI is InChI=1S/C16H17NO2/c18-16-8-4-5-13-11-17(12-15(13)16)9-10-19-14-6-2-1-3-7-14/h1-3,6-7,11-12H,4-5,8-10H2. The van der Waals surface area contributed by atoms with Crippen LogP contribution in [0.1, 0.15) is 28.8 Å². The van der Waals surface area contributed by atoms with Crippen LogP contribution in [-0.4, -0.2) is 17.0 Å². The lowest BCUT2D eigenvalue weighted by Gasteiger charge is -2.07. The summed E-state index contributed by atoms with van der Waals surface area (Å²) in [4.78, 5) is 11.7. The van der Waals surface area contributed by atoms with Crippen LogP contribution in [0.15, 0.2) is 42.7 Å². The van der Waals surface area contributed by atoms with E-state index in [1.165, 1.54) is 5.56 Å². The fourth-order valence-electron chi connectivity index (χ4n) is 2.49. The van der Waals surface area contributed by atoms with Gasteiger partial charge in [-0.2, -0.15) is 0 Å². The number of fused-ring (bicyclic) bond motifs is 1. The number of hydrogen-bond acceptors (Lipinski definition) is 2. The number of ether oxygens (including phenoxy) is 1. The molecule has 0 atom stereocenters. The zero-order valence-electron chi connectivity index (χ0n) is 10.8. The van der Waals surface area contributed by atoms with Crippen molar-refractivity contribution >= 4 is 5.78 Å². The molecule has 0 bridgehead atoms. The molecule has 98 valence electrons. The Bertz CT molecular complexity index is 572. The molecule has 0 spiro atoms. The molecule has 0 unspecified atom stereocenters. The van der Waals surface area contributed by atoms with Gasteiger partial charge in [0.2, 0.25) is 0 Å². The summed E-state index contributed by atoms with van der Waals surface area (Å²) >= 11 is 0. The van der Waals surface area contributed by atoms with Gasteiger partial charge in [-0.25, -0.2) is 0 Å². The molecule has 0 saturated carbocycles. The Balaban J connectivity index is 1.60. The van der Waals surface area contributed by atoms with Crippen molar-refractivity contribution in [3.05, 3.63) is 53.9 Å². The van der Waals surface area contributed by atoms with Crippen LogP contribution >= 0.6 is 0 Å². The molecule has 1 aliphatic carbocycles. The maximum atomic E-state index is 11.7. The molecule has 1 aliphatic rings. The Morgan fingerprint density at radius 2 is 1.95 bits per heavy atom. The molecule has 0 fully saturated rings. The highest BCUT2D eigenvalue weighted by Gasteiger charge is 2.18. The maximum Gasteiger partial charge on any atom is 0.164 e. The van der Waals surface area contributed by atoms with E-state index in [1.807, 2.05) is 36.5 Å². The summed E-state index contributed by atoms with van der Waals surface area (Å²) in [5, 5.41) is 0. The molecule has 2 aromatic rings. The maximum absolute atomic E-state index is 11.7. The second-order valence-corrected chi connectivity index (χ2v) is 4.87. The lowest BCUT2D eigenvalue weighted by atomic mass is 9.95. The minimum atomic E-state index is 0.281. The second kappa shape index (κ2) is 5.31. The molecule has 3 heteroatoms. The lowest BCUT2D eigenvalue weighted by molar-refractivity contribution is 0.0973. The normalized spacial score (nSPS) is 14.2. The summed E-state index contributed by atoms with van der Waals surface area (Å²) in [5.41, 5.74) is 2.10. The first-order valence-electron chi connectivity index (χ1n) is 6.72. The van der Waals surface area contributed by atoms with Gasteiger partial charge in [-0.15, -0.1) is 0 Å². The SMILES string of the molecule is O=C1CCCc2cn(CCOc3ccccc3)cc21. The van der Waals surface area contributed by atoms with Crippen LogP contribution in [0.4, 0.5) is 0 Å². The summed E-state index contributed by atoms with van der Waals surface area (Å²) < 4.78 is 7.73. The molecule has 0 saturated heterocycles. The first-order chi connectivity index (χ1) is 9.33. The number of aryl methyl sites for hydroxylation is 1. The van der Waals surface area contributed by atoms with Crippen LogP contribution < -0.4 is 4.74 Å². The Morgan fingerprint density at radius 1 is 1.11 bits per heavy atom. The predicted molar refractivity (Wildman–Crippen MR) is 73.6 cm³/mol. The lowest BCUT2D eigenvalue weighted by Crippen LogP contribution is -2.07. The van der Waals surface area contributed by atoms with Crippen molar-refractivity contribution in [2.45, 2.75) is 25.8 Å². The molecule has 0 aliphatic heterocycles. The van der Waals surface area contributed by atoms with Gasteiger partial charge >= 0.3 is 0 Å². The van der Waals surface area contributed by atoms with Crippen LogP contribution in [0.5, 0.6) is 5.75 Å². The van der Waals surface area contributed by atoms with Gasteiger partial charge in [0, 0.05) is 24.4 Å². The number of benzene rings is 1. The van der Waals surface area contributed by atoms with Crippen molar-refractivity contribution in [1.29, 1.82) is 0 Å². The van der Waals surface area contributed by atoms with E-state index in [0.29, 0.717) is 13.0 Å². The highest BCUT2D eigenvalue weighted by atomic mass is 16.5. The Labute approximate surface area is 112 Å². The van der Waals surface area contributed by atoms with Crippen LogP contribution in [0.25, 0.3) is 0 Å².